The van der Waals surface area contributed by atoms with E-state index in [0.717, 1.165) is 0 Å². The molecule has 1 heterocycles. The molecule has 0 saturated heterocycles. The Bertz CT molecular complexity index is 305. The van der Waals surface area contributed by atoms with Gasteiger partial charge in [-0.25, -0.2) is 4.98 Å². The van der Waals surface area contributed by atoms with Crippen LogP contribution in [0.4, 0.5) is 13.2 Å². The fourth-order valence-electron chi connectivity index (χ4n) is 0.917. The number of aryl methyl sites for hydroxylation is 1. The summed E-state index contributed by atoms with van der Waals surface area (Å²) in [5, 5.41) is 8.16. The zero-order valence-electron chi connectivity index (χ0n) is 7.01. The molecular weight excluding hydrogens is 203 g/mol. The molecule has 1 atom stereocenters. The predicted molar refractivity (Wildman–Crippen MR) is 42.5 cm³/mol. The summed E-state index contributed by atoms with van der Waals surface area (Å²) < 4.78 is 36.3. The number of thiazole rings is 1. The highest BCUT2D eigenvalue weighted by atomic mass is 32.1. The Hall–Kier alpha value is -0.620. The van der Waals surface area contributed by atoms with Gasteiger partial charge in [0.1, 0.15) is 0 Å². The van der Waals surface area contributed by atoms with Crippen LogP contribution in [0, 0.1) is 6.92 Å². The molecule has 1 N–H and O–H groups in total. The van der Waals surface area contributed by atoms with Gasteiger partial charge in [0.2, 0.25) is 0 Å². The van der Waals surface area contributed by atoms with E-state index in [1.807, 2.05) is 0 Å². The monoisotopic (exact) mass is 211 g/mol. The van der Waals surface area contributed by atoms with Crippen LogP contribution in [0.5, 0.6) is 0 Å². The van der Waals surface area contributed by atoms with Crippen molar-refractivity contribution in [2.75, 3.05) is 0 Å². The first-order valence-electron chi connectivity index (χ1n) is 3.55. The Balaban J connectivity index is 3.10. The van der Waals surface area contributed by atoms with Gasteiger partial charge in [-0.2, -0.15) is 13.2 Å². The minimum absolute atomic E-state index is 0.109. The van der Waals surface area contributed by atoms with Crippen LogP contribution < -0.4 is 0 Å². The molecule has 0 radical (unpaired) electrons. The lowest BCUT2D eigenvalue weighted by molar-refractivity contribution is -0.137. The van der Waals surface area contributed by atoms with Crippen LogP contribution in [-0.4, -0.2) is 10.1 Å². The van der Waals surface area contributed by atoms with Crippen molar-refractivity contribution in [3.8, 4) is 0 Å². The maximum absolute atomic E-state index is 12.1. The number of aromatic nitrogens is 1. The van der Waals surface area contributed by atoms with E-state index in [-0.39, 0.29) is 5.69 Å². The number of alkyl halides is 3. The molecule has 0 bridgehead atoms. The lowest BCUT2D eigenvalue weighted by atomic mass is 10.3. The van der Waals surface area contributed by atoms with Crippen molar-refractivity contribution in [3.63, 3.8) is 0 Å². The van der Waals surface area contributed by atoms with Crippen LogP contribution in [0.3, 0.4) is 0 Å². The van der Waals surface area contributed by atoms with Crippen molar-refractivity contribution >= 4 is 11.3 Å². The van der Waals surface area contributed by atoms with Gasteiger partial charge in [-0.3, -0.25) is 0 Å². The molecule has 74 valence electrons. The van der Waals surface area contributed by atoms with Crippen molar-refractivity contribution in [2.24, 2.45) is 0 Å². The van der Waals surface area contributed by atoms with Crippen molar-refractivity contribution in [3.05, 3.63) is 15.6 Å². The largest absolute Gasteiger partial charge is 0.443 e. The van der Waals surface area contributed by atoms with Gasteiger partial charge in [0.15, 0.2) is 5.01 Å². The molecule has 2 nitrogen and oxygen atoms in total. The van der Waals surface area contributed by atoms with Crippen molar-refractivity contribution in [2.45, 2.75) is 26.1 Å². The molecule has 1 rings (SSSR count). The molecule has 0 aliphatic rings. The molecule has 0 spiro atoms. The average Bonchev–Trinajstić information content (AvgIpc) is 2.29. The van der Waals surface area contributed by atoms with Crippen molar-refractivity contribution in [1.82, 2.24) is 4.98 Å². The highest BCUT2D eigenvalue weighted by molar-refractivity contribution is 7.11. The summed E-state index contributed by atoms with van der Waals surface area (Å²) >= 11 is 0.554. The summed E-state index contributed by atoms with van der Waals surface area (Å²) in [6.07, 6.45) is -5.37. The quantitative estimate of drug-likeness (QED) is 0.774. The van der Waals surface area contributed by atoms with Gasteiger partial charge in [0.05, 0.1) is 11.8 Å². The van der Waals surface area contributed by atoms with Crippen LogP contribution in [0.1, 0.15) is 28.6 Å². The number of nitrogens with zero attached hydrogens (tertiary/aromatic N) is 1. The molecule has 0 aliphatic carbocycles. The van der Waals surface area contributed by atoms with Crippen LogP contribution in [0.2, 0.25) is 0 Å². The van der Waals surface area contributed by atoms with Crippen LogP contribution in [0.25, 0.3) is 0 Å². The highest BCUT2D eigenvalue weighted by Gasteiger charge is 2.35. The highest BCUT2D eigenvalue weighted by Crippen LogP contribution is 2.35. The zero-order chi connectivity index (χ0) is 10.2. The maximum Gasteiger partial charge on any atom is 0.443 e. The van der Waals surface area contributed by atoms with Crippen LogP contribution in [0.15, 0.2) is 0 Å². The molecule has 0 aliphatic heterocycles. The van der Waals surface area contributed by atoms with Crippen LogP contribution >= 0.6 is 11.3 Å². The van der Waals surface area contributed by atoms with E-state index < -0.39 is 17.3 Å². The van der Waals surface area contributed by atoms with E-state index in [4.69, 9.17) is 5.11 Å². The number of hydrogen-bond donors (Lipinski definition) is 1. The van der Waals surface area contributed by atoms with Gasteiger partial charge in [-0.05, 0) is 13.8 Å². The lowest BCUT2D eigenvalue weighted by Crippen LogP contribution is -2.04. The van der Waals surface area contributed by atoms with Crippen molar-refractivity contribution < 1.29 is 18.3 Å². The van der Waals surface area contributed by atoms with E-state index in [1.165, 1.54) is 13.8 Å². The van der Waals surface area contributed by atoms with Gasteiger partial charge < -0.3 is 5.11 Å². The Morgan fingerprint density at radius 3 is 2.23 bits per heavy atom. The standard InChI is InChI=1S/C7H8F3NOS/c1-3(12)5-4(2)13-6(11-5)7(8,9)10/h3,12H,1-2H3. The predicted octanol–water partition coefficient (Wildman–Crippen LogP) is 2.52. The summed E-state index contributed by atoms with van der Waals surface area (Å²) in [6.45, 7) is 2.90. The SMILES string of the molecule is Cc1sc(C(F)(F)F)nc1C(C)O. The first-order chi connectivity index (χ1) is 5.82. The molecule has 1 unspecified atom stereocenters. The molecule has 0 amide bonds. The van der Waals surface area contributed by atoms with E-state index in [0.29, 0.717) is 16.2 Å². The molecule has 6 heteroatoms. The molecule has 13 heavy (non-hydrogen) atoms. The summed E-state index contributed by atoms with van der Waals surface area (Å²) in [7, 11) is 0. The second-order valence-corrected chi connectivity index (χ2v) is 3.84. The number of rotatable bonds is 1. The van der Waals surface area contributed by atoms with E-state index >= 15 is 0 Å². The summed E-state index contributed by atoms with van der Waals surface area (Å²) in [4.78, 5) is 3.73. The smallest absolute Gasteiger partial charge is 0.387 e. The Morgan fingerprint density at radius 2 is 2.00 bits per heavy atom. The second-order valence-electron chi connectivity index (χ2n) is 2.63. The zero-order valence-corrected chi connectivity index (χ0v) is 7.83. The minimum Gasteiger partial charge on any atom is -0.387 e. The van der Waals surface area contributed by atoms with Crippen LogP contribution in [-0.2, 0) is 6.18 Å². The van der Waals surface area contributed by atoms with Gasteiger partial charge in [0, 0.05) is 4.88 Å². The normalized spacial score (nSPS) is 14.6. The topological polar surface area (TPSA) is 33.1 Å². The van der Waals surface area contributed by atoms with Gasteiger partial charge >= 0.3 is 6.18 Å². The third-order valence-corrected chi connectivity index (χ3v) is 2.50. The minimum atomic E-state index is -4.41. The molecular formula is C7H8F3NOS. The summed E-state index contributed by atoms with van der Waals surface area (Å²) in [6, 6.07) is 0. The number of aliphatic hydroxyl groups is 1. The molecule has 0 fully saturated rings. The van der Waals surface area contributed by atoms with Gasteiger partial charge in [-0.1, -0.05) is 0 Å². The summed E-state index contributed by atoms with van der Waals surface area (Å²) in [5.41, 5.74) is 0.109. The third kappa shape index (κ3) is 2.19. The number of halogens is 3. The maximum atomic E-state index is 12.1. The van der Waals surface area contributed by atoms with E-state index in [1.54, 1.807) is 0 Å². The molecule has 1 aromatic heterocycles. The molecule has 0 saturated carbocycles. The molecule has 1 aromatic rings. The Morgan fingerprint density at radius 1 is 1.46 bits per heavy atom. The van der Waals surface area contributed by atoms with Crippen molar-refractivity contribution in [1.29, 1.82) is 0 Å². The first kappa shape index (κ1) is 10.5. The number of aliphatic hydroxyl groups excluding tert-OH is 1. The second kappa shape index (κ2) is 3.26. The Labute approximate surface area is 77.0 Å². The Kier molecular flexibility index (Phi) is 2.63. The van der Waals surface area contributed by atoms with Gasteiger partial charge in [0.25, 0.3) is 0 Å². The molecule has 0 aromatic carbocycles. The fraction of sp³-hybridized carbons (Fsp3) is 0.571. The third-order valence-electron chi connectivity index (χ3n) is 1.47. The summed E-state index contributed by atoms with van der Waals surface area (Å²) in [5.74, 6) is 0. The average molecular weight is 211 g/mol. The lowest BCUT2D eigenvalue weighted by Gasteiger charge is -2.00. The van der Waals surface area contributed by atoms with E-state index in [2.05, 4.69) is 4.98 Å². The number of hydrogen-bond acceptors (Lipinski definition) is 3. The first-order valence-corrected chi connectivity index (χ1v) is 4.36. The fourth-order valence-corrected chi connectivity index (χ4v) is 1.79. The van der Waals surface area contributed by atoms with E-state index in [9.17, 15) is 13.2 Å². The van der Waals surface area contributed by atoms with Gasteiger partial charge in [-0.15, -0.1) is 11.3 Å².